The third-order valence-corrected chi connectivity index (χ3v) is 4.15. The lowest BCUT2D eigenvalue weighted by atomic mass is 10.2. The average molecular weight is 298 g/mol. The normalized spacial score (nSPS) is 12.6. The summed E-state index contributed by atoms with van der Waals surface area (Å²) in [5, 5.41) is 20.0. The molecule has 0 aliphatic rings. The molecule has 0 saturated carbocycles. The van der Waals surface area contributed by atoms with Crippen molar-refractivity contribution in [3.63, 3.8) is 0 Å². The number of nitrogens with one attached hydrogen (secondary N) is 1. The predicted octanol–water partition coefficient (Wildman–Crippen LogP) is 1.38. The van der Waals surface area contributed by atoms with Crippen LogP contribution >= 0.6 is 0 Å². The van der Waals surface area contributed by atoms with Crippen LogP contribution < -0.4 is 4.72 Å². The minimum absolute atomic E-state index is 0.218. The van der Waals surface area contributed by atoms with Crippen molar-refractivity contribution in [1.82, 2.24) is 4.72 Å². The number of rotatable bonds is 6. The highest BCUT2D eigenvalue weighted by molar-refractivity contribution is 7.89. The largest absolute Gasteiger partial charge is 0.502 e. The highest BCUT2D eigenvalue weighted by atomic mass is 32.2. The van der Waals surface area contributed by atoms with Crippen LogP contribution in [0.5, 0.6) is 5.75 Å². The van der Waals surface area contributed by atoms with E-state index in [1.54, 1.807) is 6.92 Å². The van der Waals surface area contributed by atoms with Crippen molar-refractivity contribution in [3.05, 3.63) is 28.3 Å². The number of nitrogens with zero attached hydrogens (tertiary/aromatic N) is 1. The van der Waals surface area contributed by atoms with E-state index in [0.29, 0.717) is 6.42 Å². The summed E-state index contributed by atoms with van der Waals surface area (Å²) in [5.41, 5.74) is -0.669. The van der Waals surface area contributed by atoms with Gasteiger partial charge in [0.05, 0.1) is 9.82 Å². The van der Waals surface area contributed by atoms with Crippen molar-refractivity contribution in [1.29, 1.82) is 0 Å². The van der Waals surface area contributed by atoms with Crippen LogP contribution in [0.2, 0.25) is 0 Å². The van der Waals surface area contributed by atoms with Crippen molar-refractivity contribution in [2.24, 2.45) is 0 Å². The second-order valence-corrected chi connectivity index (χ2v) is 5.76. The molecule has 0 fully saturated rings. The van der Waals surface area contributed by atoms with E-state index in [1.807, 2.05) is 0 Å². The van der Waals surface area contributed by atoms with Gasteiger partial charge in [-0.15, -0.1) is 12.3 Å². The maximum atomic E-state index is 12.1. The van der Waals surface area contributed by atoms with Crippen molar-refractivity contribution in [2.75, 3.05) is 0 Å². The Bertz CT molecular complexity index is 648. The second kappa shape index (κ2) is 6.36. The van der Waals surface area contributed by atoms with E-state index in [4.69, 9.17) is 6.42 Å². The number of terminal acetylenes is 1. The zero-order valence-electron chi connectivity index (χ0n) is 10.7. The molecule has 0 aliphatic heterocycles. The van der Waals surface area contributed by atoms with Gasteiger partial charge in [-0.25, -0.2) is 13.1 Å². The number of nitro benzene ring substituents is 1. The highest BCUT2D eigenvalue weighted by Gasteiger charge is 2.23. The van der Waals surface area contributed by atoms with Gasteiger partial charge in [-0.05, 0) is 18.6 Å². The maximum absolute atomic E-state index is 12.1. The first-order valence-corrected chi connectivity index (χ1v) is 7.23. The SMILES string of the molecule is C#CCC(CC)NS(=O)(=O)c1ccc(O)c([N+](=O)[O-])c1. The zero-order valence-corrected chi connectivity index (χ0v) is 11.6. The lowest BCUT2D eigenvalue weighted by Gasteiger charge is -2.14. The molecule has 7 nitrogen and oxygen atoms in total. The van der Waals surface area contributed by atoms with Gasteiger partial charge in [0, 0.05) is 18.5 Å². The van der Waals surface area contributed by atoms with Crippen LogP contribution in [0.4, 0.5) is 5.69 Å². The lowest BCUT2D eigenvalue weighted by molar-refractivity contribution is -0.386. The van der Waals surface area contributed by atoms with Crippen molar-refractivity contribution in [3.8, 4) is 18.1 Å². The summed E-state index contributed by atoms with van der Waals surface area (Å²) in [6.45, 7) is 1.77. The fraction of sp³-hybridized carbons (Fsp3) is 0.333. The monoisotopic (exact) mass is 298 g/mol. The van der Waals surface area contributed by atoms with E-state index in [1.165, 1.54) is 0 Å². The van der Waals surface area contributed by atoms with Gasteiger partial charge in [-0.1, -0.05) is 6.92 Å². The number of phenols is 1. The smallest absolute Gasteiger partial charge is 0.312 e. The molecule has 1 aromatic rings. The van der Waals surface area contributed by atoms with Crippen LogP contribution in [-0.2, 0) is 10.0 Å². The molecule has 108 valence electrons. The molecule has 0 bridgehead atoms. The molecule has 1 unspecified atom stereocenters. The molecular weight excluding hydrogens is 284 g/mol. The Morgan fingerprint density at radius 2 is 2.20 bits per heavy atom. The molecule has 0 saturated heterocycles. The van der Waals surface area contributed by atoms with Crippen LogP contribution in [0.1, 0.15) is 19.8 Å². The van der Waals surface area contributed by atoms with E-state index in [2.05, 4.69) is 10.6 Å². The van der Waals surface area contributed by atoms with Crippen molar-refractivity contribution >= 4 is 15.7 Å². The number of aromatic hydroxyl groups is 1. The summed E-state index contributed by atoms with van der Waals surface area (Å²) in [5.74, 6) is 1.76. The summed E-state index contributed by atoms with van der Waals surface area (Å²) in [7, 11) is -3.93. The van der Waals surface area contributed by atoms with Gasteiger partial charge < -0.3 is 5.11 Å². The molecule has 0 heterocycles. The quantitative estimate of drug-likeness (QED) is 0.468. The first kappa shape index (κ1) is 15.9. The minimum Gasteiger partial charge on any atom is -0.502 e. The summed E-state index contributed by atoms with van der Waals surface area (Å²) in [6, 6.07) is 2.42. The van der Waals surface area contributed by atoms with Gasteiger partial charge in [0.25, 0.3) is 0 Å². The standard InChI is InChI=1S/C12H14N2O5S/c1-3-5-9(4-2)13-20(18,19)10-6-7-12(15)11(8-10)14(16)17/h1,6-9,13,15H,4-5H2,2H3. The van der Waals surface area contributed by atoms with Crippen molar-refractivity contribution < 1.29 is 18.4 Å². The second-order valence-electron chi connectivity index (χ2n) is 4.04. The first-order chi connectivity index (χ1) is 9.31. The molecule has 1 rings (SSSR count). The number of hydrogen-bond acceptors (Lipinski definition) is 5. The summed E-state index contributed by atoms with van der Waals surface area (Å²) >= 11 is 0. The number of sulfonamides is 1. The molecule has 1 aromatic carbocycles. The molecule has 1 atom stereocenters. The molecule has 0 aromatic heterocycles. The molecule has 0 radical (unpaired) electrons. The maximum Gasteiger partial charge on any atom is 0.312 e. The van der Waals surface area contributed by atoms with Crippen LogP contribution in [0.25, 0.3) is 0 Å². The molecule has 20 heavy (non-hydrogen) atoms. The van der Waals surface area contributed by atoms with Gasteiger partial charge in [0.2, 0.25) is 10.0 Å². The van der Waals surface area contributed by atoms with Crippen LogP contribution in [0.3, 0.4) is 0 Å². The fourth-order valence-corrected chi connectivity index (χ4v) is 2.85. The summed E-state index contributed by atoms with van der Waals surface area (Å²) in [4.78, 5) is 9.54. The molecule has 2 N–H and O–H groups in total. The Balaban J connectivity index is 3.13. The number of hydrogen-bond donors (Lipinski definition) is 2. The van der Waals surface area contributed by atoms with E-state index < -0.39 is 32.4 Å². The number of phenolic OH excluding ortho intramolecular Hbond substituents is 1. The molecule has 0 aliphatic carbocycles. The summed E-state index contributed by atoms with van der Waals surface area (Å²) < 4.78 is 26.5. The van der Waals surface area contributed by atoms with Crippen LogP contribution in [0.15, 0.2) is 23.1 Å². The zero-order chi connectivity index (χ0) is 15.3. The lowest BCUT2D eigenvalue weighted by Crippen LogP contribution is -2.34. The molecule has 0 spiro atoms. The first-order valence-electron chi connectivity index (χ1n) is 5.75. The Morgan fingerprint density at radius 1 is 1.55 bits per heavy atom. The Labute approximate surface area is 116 Å². The van der Waals surface area contributed by atoms with Crippen molar-refractivity contribution in [2.45, 2.75) is 30.7 Å². The van der Waals surface area contributed by atoms with Gasteiger partial charge in [-0.3, -0.25) is 10.1 Å². The topological polar surface area (TPSA) is 110 Å². The van der Waals surface area contributed by atoms with Crippen LogP contribution in [-0.4, -0.2) is 24.5 Å². The molecule has 8 heteroatoms. The van der Waals surface area contributed by atoms with E-state index in [0.717, 1.165) is 18.2 Å². The molecular formula is C12H14N2O5S. The Morgan fingerprint density at radius 3 is 2.70 bits per heavy atom. The summed E-state index contributed by atoms with van der Waals surface area (Å²) in [6.07, 6.45) is 5.85. The average Bonchev–Trinajstić information content (AvgIpc) is 2.37. The molecule has 0 amide bonds. The third kappa shape index (κ3) is 3.69. The number of benzene rings is 1. The van der Waals surface area contributed by atoms with Gasteiger partial charge in [0.1, 0.15) is 0 Å². The van der Waals surface area contributed by atoms with Gasteiger partial charge >= 0.3 is 5.69 Å². The Kier molecular flexibility index (Phi) is 5.07. The third-order valence-electron chi connectivity index (χ3n) is 2.63. The highest BCUT2D eigenvalue weighted by Crippen LogP contribution is 2.28. The van der Waals surface area contributed by atoms with Crippen LogP contribution in [0, 0.1) is 22.5 Å². The Hall–Kier alpha value is -2.11. The fourth-order valence-electron chi connectivity index (χ4n) is 1.52. The minimum atomic E-state index is -3.93. The predicted molar refractivity (Wildman–Crippen MR) is 72.6 cm³/mol. The number of nitro groups is 1. The van der Waals surface area contributed by atoms with E-state index >= 15 is 0 Å². The van der Waals surface area contributed by atoms with Gasteiger partial charge in [0.15, 0.2) is 5.75 Å². The van der Waals surface area contributed by atoms with E-state index in [-0.39, 0.29) is 11.3 Å². The van der Waals surface area contributed by atoms with Gasteiger partial charge in [-0.2, -0.15) is 0 Å². The van der Waals surface area contributed by atoms with E-state index in [9.17, 15) is 23.6 Å².